The first kappa shape index (κ1) is 9.24. The molecule has 5 heteroatoms. The molecule has 14 heavy (non-hydrogen) atoms. The van der Waals surface area contributed by atoms with Crippen molar-refractivity contribution in [2.75, 3.05) is 6.61 Å². The molecule has 0 aromatic heterocycles. The third-order valence-corrected chi connectivity index (χ3v) is 2.26. The summed E-state index contributed by atoms with van der Waals surface area (Å²) in [7, 11) is -1.54. The van der Waals surface area contributed by atoms with Crippen LogP contribution in [0.3, 0.4) is 0 Å². The number of aldehydes is 1. The maximum Gasteiger partial charge on any atom is 0.488 e. The molecule has 0 spiro atoms. The fourth-order valence-corrected chi connectivity index (χ4v) is 1.60. The van der Waals surface area contributed by atoms with Crippen LogP contribution in [0.15, 0.2) is 12.1 Å². The standard InChI is InChI=1S/C9H9BO4/c11-5-7-4-8(10(12)13)3-6-1-2-14-9(6)7/h3-5,12-13H,1-2H2. The summed E-state index contributed by atoms with van der Waals surface area (Å²) >= 11 is 0. The highest BCUT2D eigenvalue weighted by Gasteiger charge is 2.21. The minimum Gasteiger partial charge on any atom is -0.492 e. The average Bonchev–Trinajstić information content (AvgIpc) is 2.63. The Morgan fingerprint density at radius 1 is 1.43 bits per heavy atom. The van der Waals surface area contributed by atoms with E-state index in [2.05, 4.69) is 0 Å². The molecule has 0 aliphatic carbocycles. The average molecular weight is 192 g/mol. The lowest BCUT2D eigenvalue weighted by Crippen LogP contribution is -2.30. The normalized spacial score (nSPS) is 13.3. The van der Waals surface area contributed by atoms with E-state index in [0.29, 0.717) is 36.1 Å². The molecule has 0 fully saturated rings. The molecule has 0 radical (unpaired) electrons. The van der Waals surface area contributed by atoms with Gasteiger partial charge in [-0.2, -0.15) is 0 Å². The van der Waals surface area contributed by atoms with Gasteiger partial charge in [0.1, 0.15) is 5.75 Å². The summed E-state index contributed by atoms with van der Waals surface area (Å²) in [5, 5.41) is 17.9. The largest absolute Gasteiger partial charge is 0.492 e. The lowest BCUT2D eigenvalue weighted by molar-refractivity contribution is 0.112. The molecule has 0 atom stereocenters. The lowest BCUT2D eigenvalue weighted by atomic mass is 9.78. The van der Waals surface area contributed by atoms with Crippen molar-refractivity contribution in [1.82, 2.24) is 0 Å². The topological polar surface area (TPSA) is 66.8 Å². The summed E-state index contributed by atoms with van der Waals surface area (Å²) in [5.41, 5.74) is 1.57. The van der Waals surface area contributed by atoms with E-state index < -0.39 is 7.12 Å². The third-order valence-electron chi connectivity index (χ3n) is 2.26. The Hall–Kier alpha value is -1.33. The number of rotatable bonds is 2. The smallest absolute Gasteiger partial charge is 0.488 e. The van der Waals surface area contributed by atoms with Crippen molar-refractivity contribution >= 4 is 18.9 Å². The van der Waals surface area contributed by atoms with Crippen LogP contribution in [-0.2, 0) is 6.42 Å². The van der Waals surface area contributed by atoms with Gasteiger partial charge in [0, 0.05) is 6.42 Å². The molecule has 72 valence electrons. The van der Waals surface area contributed by atoms with E-state index in [-0.39, 0.29) is 0 Å². The van der Waals surface area contributed by atoms with Crippen molar-refractivity contribution in [2.45, 2.75) is 6.42 Å². The third kappa shape index (κ3) is 1.40. The predicted octanol–water partition coefficient (Wildman–Crippen LogP) is -0.886. The van der Waals surface area contributed by atoms with Gasteiger partial charge in [-0.05, 0) is 17.1 Å². The summed E-state index contributed by atoms with van der Waals surface area (Å²) < 4.78 is 5.26. The van der Waals surface area contributed by atoms with Crippen LogP contribution >= 0.6 is 0 Å². The maximum absolute atomic E-state index is 10.7. The van der Waals surface area contributed by atoms with E-state index in [4.69, 9.17) is 14.8 Å². The van der Waals surface area contributed by atoms with Crippen LogP contribution in [-0.4, -0.2) is 30.1 Å². The summed E-state index contributed by atoms with van der Waals surface area (Å²) in [4.78, 5) is 10.7. The predicted molar refractivity (Wildman–Crippen MR) is 50.9 cm³/mol. The van der Waals surface area contributed by atoms with Crippen molar-refractivity contribution in [3.8, 4) is 5.75 Å². The molecule has 2 rings (SSSR count). The van der Waals surface area contributed by atoms with Gasteiger partial charge >= 0.3 is 7.12 Å². The quantitative estimate of drug-likeness (QED) is 0.471. The first-order valence-corrected chi connectivity index (χ1v) is 4.33. The zero-order valence-corrected chi connectivity index (χ0v) is 7.43. The van der Waals surface area contributed by atoms with Gasteiger partial charge in [-0.1, -0.05) is 6.07 Å². The van der Waals surface area contributed by atoms with Gasteiger partial charge in [0.25, 0.3) is 0 Å². The van der Waals surface area contributed by atoms with Crippen LogP contribution in [0.2, 0.25) is 0 Å². The van der Waals surface area contributed by atoms with Crippen molar-refractivity contribution in [3.63, 3.8) is 0 Å². The van der Waals surface area contributed by atoms with Crippen molar-refractivity contribution in [1.29, 1.82) is 0 Å². The first-order chi connectivity index (χ1) is 6.72. The Bertz CT molecular complexity index is 375. The molecule has 1 aliphatic heterocycles. The van der Waals surface area contributed by atoms with E-state index >= 15 is 0 Å². The Kier molecular flexibility index (Phi) is 2.27. The summed E-state index contributed by atoms with van der Waals surface area (Å²) in [6.07, 6.45) is 1.37. The van der Waals surface area contributed by atoms with Gasteiger partial charge in [0.2, 0.25) is 0 Å². The summed E-state index contributed by atoms with van der Waals surface area (Å²) in [5.74, 6) is 0.574. The van der Waals surface area contributed by atoms with Crippen LogP contribution < -0.4 is 10.2 Å². The SMILES string of the molecule is O=Cc1cc(B(O)O)cc2c1OCC2. The number of ether oxygens (including phenoxy) is 1. The highest BCUT2D eigenvalue weighted by Crippen LogP contribution is 2.27. The molecular formula is C9H9BO4. The van der Waals surface area contributed by atoms with Gasteiger partial charge in [-0.15, -0.1) is 0 Å². The minimum absolute atomic E-state index is 0.330. The number of carbonyl (C=O) groups excluding carboxylic acids is 1. The number of carbonyl (C=O) groups is 1. The molecule has 1 aromatic carbocycles. The van der Waals surface area contributed by atoms with Gasteiger partial charge in [0.15, 0.2) is 6.29 Å². The zero-order valence-electron chi connectivity index (χ0n) is 7.43. The number of hydrogen-bond donors (Lipinski definition) is 2. The number of hydrogen-bond acceptors (Lipinski definition) is 4. The van der Waals surface area contributed by atoms with Crippen LogP contribution in [0.25, 0.3) is 0 Å². The Morgan fingerprint density at radius 3 is 2.86 bits per heavy atom. The molecule has 1 aliphatic rings. The van der Waals surface area contributed by atoms with Gasteiger partial charge < -0.3 is 14.8 Å². The Labute approximate surface area is 81.3 Å². The minimum atomic E-state index is -1.54. The molecule has 1 aromatic rings. The van der Waals surface area contributed by atoms with Gasteiger partial charge in [0.05, 0.1) is 12.2 Å². The first-order valence-electron chi connectivity index (χ1n) is 4.33. The van der Waals surface area contributed by atoms with Crippen LogP contribution in [0.5, 0.6) is 5.75 Å². The molecule has 0 unspecified atom stereocenters. The second-order valence-electron chi connectivity index (χ2n) is 3.19. The summed E-state index contributed by atoms with van der Waals surface area (Å²) in [6, 6.07) is 3.09. The van der Waals surface area contributed by atoms with Crippen molar-refractivity contribution in [2.24, 2.45) is 0 Å². The molecule has 0 saturated carbocycles. The molecule has 4 nitrogen and oxygen atoms in total. The Morgan fingerprint density at radius 2 is 2.21 bits per heavy atom. The van der Waals surface area contributed by atoms with Crippen LogP contribution in [0.1, 0.15) is 15.9 Å². The number of benzene rings is 1. The van der Waals surface area contributed by atoms with Crippen molar-refractivity contribution < 1.29 is 19.6 Å². The lowest BCUT2D eigenvalue weighted by Gasteiger charge is -2.05. The molecular weight excluding hydrogens is 183 g/mol. The molecule has 0 amide bonds. The van der Waals surface area contributed by atoms with E-state index in [1.807, 2.05) is 0 Å². The zero-order chi connectivity index (χ0) is 10.1. The second kappa shape index (κ2) is 3.44. The van der Waals surface area contributed by atoms with E-state index in [0.717, 1.165) is 5.56 Å². The second-order valence-corrected chi connectivity index (χ2v) is 3.19. The van der Waals surface area contributed by atoms with E-state index in [1.165, 1.54) is 6.07 Å². The van der Waals surface area contributed by atoms with Gasteiger partial charge in [-0.25, -0.2) is 0 Å². The monoisotopic (exact) mass is 192 g/mol. The van der Waals surface area contributed by atoms with Crippen molar-refractivity contribution in [3.05, 3.63) is 23.3 Å². The maximum atomic E-state index is 10.7. The van der Waals surface area contributed by atoms with E-state index in [9.17, 15) is 4.79 Å². The Balaban J connectivity index is 2.54. The van der Waals surface area contributed by atoms with Crippen LogP contribution in [0, 0.1) is 0 Å². The van der Waals surface area contributed by atoms with Gasteiger partial charge in [-0.3, -0.25) is 4.79 Å². The molecule has 2 N–H and O–H groups in total. The highest BCUT2D eigenvalue weighted by molar-refractivity contribution is 6.58. The number of fused-ring (bicyclic) bond motifs is 1. The summed E-state index contributed by atoms with van der Waals surface area (Å²) in [6.45, 7) is 0.543. The molecule has 1 heterocycles. The van der Waals surface area contributed by atoms with E-state index in [1.54, 1.807) is 6.07 Å². The molecule has 0 saturated heterocycles. The fourth-order valence-electron chi connectivity index (χ4n) is 1.60. The molecule has 0 bridgehead atoms. The highest BCUT2D eigenvalue weighted by atomic mass is 16.5. The van der Waals surface area contributed by atoms with Crippen LogP contribution in [0.4, 0.5) is 0 Å². The fraction of sp³-hybridized carbons (Fsp3) is 0.222.